The molecule has 2 heterocycles. The standard InChI is InChI=1S/C18H21N3O3S2/c22-18(15-25-14-16-5-4-8-19-13-16)20-9-11-21(12-10-20)26(23,24)17-6-2-1-3-7-17/h1-8,13H,9-12,14-15H2. The van der Waals surface area contributed by atoms with E-state index >= 15 is 0 Å². The van der Waals surface area contributed by atoms with E-state index in [0.717, 1.165) is 11.3 Å². The zero-order valence-electron chi connectivity index (χ0n) is 14.3. The highest BCUT2D eigenvalue weighted by Crippen LogP contribution is 2.18. The molecule has 138 valence electrons. The Balaban J connectivity index is 1.48. The summed E-state index contributed by atoms with van der Waals surface area (Å²) in [5.74, 6) is 1.18. The molecule has 0 bridgehead atoms. The average Bonchev–Trinajstić information content (AvgIpc) is 2.69. The van der Waals surface area contributed by atoms with Crippen molar-refractivity contribution in [1.29, 1.82) is 0 Å². The fourth-order valence-electron chi connectivity index (χ4n) is 2.75. The molecule has 0 spiro atoms. The van der Waals surface area contributed by atoms with Crippen LogP contribution in [0.1, 0.15) is 5.56 Å². The summed E-state index contributed by atoms with van der Waals surface area (Å²) < 4.78 is 26.7. The van der Waals surface area contributed by atoms with Gasteiger partial charge in [0.15, 0.2) is 0 Å². The summed E-state index contributed by atoms with van der Waals surface area (Å²) in [4.78, 5) is 18.4. The summed E-state index contributed by atoms with van der Waals surface area (Å²) >= 11 is 1.55. The van der Waals surface area contributed by atoms with Crippen LogP contribution < -0.4 is 0 Å². The lowest BCUT2D eigenvalue weighted by Crippen LogP contribution is -2.50. The quantitative estimate of drug-likeness (QED) is 0.752. The monoisotopic (exact) mass is 391 g/mol. The molecule has 1 aromatic heterocycles. The largest absolute Gasteiger partial charge is 0.339 e. The van der Waals surface area contributed by atoms with Crippen molar-refractivity contribution in [2.75, 3.05) is 31.9 Å². The van der Waals surface area contributed by atoms with Gasteiger partial charge in [-0.25, -0.2) is 8.42 Å². The molecule has 26 heavy (non-hydrogen) atoms. The van der Waals surface area contributed by atoms with Crippen molar-refractivity contribution in [1.82, 2.24) is 14.2 Å². The van der Waals surface area contributed by atoms with Crippen molar-refractivity contribution in [3.8, 4) is 0 Å². The molecule has 0 atom stereocenters. The van der Waals surface area contributed by atoms with Gasteiger partial charge in [-0.05, 0) is 23.8 Å². The molecule has 0 saturated carbocycles. The normalized spacial score (nSPS) is 15.8. The van der Waals surface area contributed by atoms with E-state index in [4.69, 9.17) is 0 Å². The number of sulfonamides is 1. The van der Waals surface area contributed by atoms with Crippen LogP contribution in [0.5, 0.6) is 0 Å². The molecule has 3 rings (SSSR count). The fourth-order valence-corrected chi connectivity index (χ4v) is 5.06. The molecular formula is C18H21N3O3S2. The van der Waals surface area contributed by atoms with Crippen LogP contribution in [0.2, 0.25) is 0 Å². The van der Waals surface area contributed by atoms with Gasteiger partial charge in [0.1, 0.15) is 0 Å². The van der Waals surface area contributed by atoms with Crippen molar-refractivity contribution in [2.24, 2.45) is 0 Å². The van der Waals surface area contributed by atoms with E-state index in [1.807, 2.05) is 12.1 Å². The lowest BCUT2D eigenvalue weighted by Gasteiger charge is -2.34. The maximum Gasteiger partial charge on any atom is 0.243 e. The first-order valence-electron chi connectivity index (χ1n) is 8.37. The molecule has 0 radical (unpaired) electrons. The smallest absolute Gasteiger partial charge is 0.243 e. The van der Waals surface area contributed by atoms with E-state index in [1.54, 1.807) is 59.4 Å². The van der Waals surface area contributed by atoms with Crippen molar-refractivity contribution >= 4 is 27.7 Å². The van der Waals surface area contributed by atoms with Crippen molar-refractivity contribution < 1.29 is 13.2 Å². The van der Waals surface area contributed by atoms with Crippen LogP contribution in [0.25, 0.3) is 0 Å². The minimum atomic E-state index is -3.48. The number of pyridine rings is 1. The molecule has 1 fully saturated rings. The van der Waals surface area contributed by atoms with Gasteiger partial charge in [-0.2, -0.15) is 4.31 Å². The van der Waals surface area contributed by atoms with Crippen LogP contribution in [-0.4, -0.2) is 60.4 Å². The molecule has 0 aliphatic carbocycles. The third-order valence-corrected chi connectivity index (χ3v) is 7.09. The third kappa shape index (κ3) is 4.63. The lowest BCUT2D eigenvalue weighted by molar-refractivity contribution is -0.129. The summed E-state index contributed by atoms with van der Waals surface area (Å²) in [6, 6.07) is 12.3. The predicted octanol–water partition coefficient (Wildman–Crippen LogP) is 1.85. The molecule has 1 aromatic carbocycles. The highest BCUT2D eigenvalue weighted by atomic mass is 32.2. The SMILES string of the molecule is O=C(CSCc1cccnc1)N1CCN(S(=O)(=O)c2ccccc2)CC1. The Hall–Kier alpha value is -1.90. The summed E-state index contributed by atoms with van der Waals surface area (Å²) in [6.45, 7) is 1.52. The highest BCUT2D eigenvalue weighted by Gasteiger charge is 2.29. The third-order valence-electron chi connectivity index (χ3n) is 4.19. The van der Waals surface area contributed by atoms with Gasteiger partial charge in [0.2, 0.25) is 15.9 Å². The van der Waals surface area contributed by atoms with Gasteiger partial charge >= 0.3 is 0 Å². The van der Waals surface area contributed by atoms with Crippen LogP contribution in [0.3, 0.4) is 0 Å². The Morgan fingerprint density at radius 3 is 2.42 bits per heavy atom. The second-order valence-corrected chi connectivity index (χ2v) is 8.88. The van der Waals surface area contributed by atoms with Crippen LogP contribution in [0.4, 0.5) is 0 Å². The molecule has 1 aliphatic heterocycles. The molecule has 0 unspecified atom stereocenters. The molecular weight excluding hydrogens is 370 g/mol. The van der Waals surface area contributed by atoms with Gasteiger partial charge in [0, 0.05) is 44.3 Å². The number of carbonyl (C=O) groups is 1. The number of nitrogens with zero attached hydrogens (tertiary/aromatic N) is 3. The Morgan fingerprint density at radius 2 is 1.77 bits per heavy atom. The molecule has 8 heteroatoms. The zero-order valence-corrected chi connectivity index (χ0v) is 16.0. The summed E-state index contributed by atoms with van der Waals surface area (Å²) in [7, 11) is -3.48. The average molecular weight is 392 g/mol. The summed E-state index contributed by atoms with van der Waals surface area (Å²) in [6.07, 6.45) is 3.52. The van der Waals surface area contributed by atoms with E-state index in [1.165, 1.54) is 4.31 Å². The number of carbonyl (C=O) groups excluding carboxylic acids is 1. The minimum Gasteiger partial charge on any atom is -0.339 e. The van der Waals surface area contributed by atoms with Gasteiger partial charge in [-0.1, -0.05) is 24.3 Å². The van der Waals surface area contributed by atoms with E-state index in [0.29, 0.717) is 36.8 Å². The Kier molecular flexibility index (Phi) is 6.29. The Morgan fingerprint density at radius 1 is 1.04 bits per heavy atom. The van der Waals surface area contributed by atoms with Crippen LogP contribution >= 0.6 is 11.8 Å². The number of benzene rings is 1. The number of thioether (sulfide) groups is 1. The number of piperazine rings is 1. The van der Waals surface area contributed by atoms with Gasteiger partial charge in [-0.15, -0.1) is 11.8 Å². The molecule has 2 aromatic rings. The maximum absolute atomic E-state index is 12.6. The molecule has 1 saturated heterocycles. The highest BCUT2D eigenvalue weighted by molar-refractivity contribution is 7.99. The fraction of sp³-hybridized carbons (Fsp3) is 0.333. The van der Waals surface area contributed by atoms with Crippen LogP contribution in [0.15, 0.2) is 59.8 Å². The number of hydrogen-bond acceptors (Lipinski definition) is 5. The number of hydrogen-bond donors (Lipinski definition) is 0. The van der Waals surface area contributed by atoms with Gasteiger partial charge < -0.3 is 4.90 Å². The predicted molar refractivity (Wildman–Crippen MR) is 102 cm³/mol. The van der Waals surface area contributed by atoms with Crippen molar-refractivity contribution in [3.05, 3.63) is 60.4 Å². The van der Waals surface area contributed by atoms with E-state index in [2.05, 4.69) is 4.98 Å². The van der Waals surface area contributed by atoms with E-state index in [9.17, 15) is 13.2 Å². The van der Waals surface area contributed by atoms with E-state index < -0.39 is 10.0 Å². The first kappa shape index (κ1) is 18.9. The second-order valence-electron chi connectivity index (χ2n) is 5.95. The molecule has 0 N–H and O–H groups in total. The minimum absolute atomic E-state index is 0.0515. The maximum atomic E-state index is 12.6. The number of amides is 1. The lowest BCUT2D eigenvalue weighted by atomic mass is 10.3. The van der Waals surface area contributed by atoms with Crippen LogP contribution in [0, 0.1) is 0 Å². The molecule has 1 aliphatic rings. The first-order chi connectivity index (χ1) is 12.6. The van der Waals surface area contributed by atoms with E-state index in [-0.39, 0.29) is 5.91 Å². The molecule has 1 amide bonds. The number of aromatic nitrogens is 1. The number of rotatable bonds is 6. The van der Waals surface area contributed by atoms with Gasteiger partial charge in [0.25, 0.3) is 0 Å². The topological polar surface area (TPSA) is 70.6 Å². The molecule has 6 nitrogen and oxygen atoms in total. The summed E-state index contributed by atoms with van der Waals surface area (Å²) in [5, 5.41) is 0. The van der Waals surface area contributed by atoms with Crippen molar-refractivity contribution in [2.45, 2.75) is 10.6 Å². The first-order valence-corrected chi connectivity index (χ1v) is 11.0. The van der Waals surface area contributed by atoms with Gasteiger partial charge in [-0.3, -0.25) is 9.78 Å². The van der Waals surface area contributed by atoms with Crippen molar-refractivity contribution in [3.63, 3.8) is 0 Å². The Bertz CT molecular complexity index is 821. The Labute approximate surface area is 158 Å². The second kappa shape index (κ2) is 8.66. The van der Waals surface area contributed by atoms with Gasteiger partial charge in [0.05, 0.1) is 10.6 Å². The summed E-state index contributed by atoms with van der Waals surface area (Å²) in [5.41, 5.74) is 1.09. The van der Waals surface area contributed by atoms with Crippen LogP contribution in [-0.2, 0) is 20.6 Å². The zero-order chi connectivity index (χ0) is 18.4.